The Bertz CT molecular complexity index is 2390. The maximum atomic E-state index is 9.21. The molecule has 13 heteroatoms. The molecule has 2 saturated heterocycles. The molecule has 69 heavy (non-hydrogen) atoms. The lowest BCUT2D eigenvalue weighted by atomic mass is 9.96. The van der Waals surface area contributed by atoms with Gasteiger partial charge in [0.1, 0.15) is 42.7 Å². The number of rotatable bonds is 25. The zero-order valence-electron chi connectivity index (χ0n) is 38.9. The van der Waals surface area contributed by atoms with Crippen LogP contribution in [0.2, 0.25) is 0 Å². The third kappa shape index (κ3) is 14.9. The molecule has 8 rings (SSSR count). The summed E-state index contributed by atoms with van der Waals surface area (Å²) in [5, 5.41) is 3.75. The average Bonchev–Trinajstić information content (AvgIpc) is 3.40. The van der Waals surface area contributed by atoms with Crippen molar-refractivity contribution in [2.24, 2.45) is 5.11 Å². The largest absolute Gasteiger partial charge is 0.374 e. The summed E-state index contributed by atoms with van der Waals surface area (Å²) in [5.74, 6) is 0. The fourth-order valence-electron chi connectivity index (χ4n) is 8.47. The van der Waals surface area contributed by atoms with Gasteiger partial charge in [-0.15, -0.1) is 0 Å². The smallest absolute Gasteiger partial charge is 0.187 e. The van der Waals surface area contributed by atoms with Crippen molar-refractivity contribution in [2.45, 2.75) is 108 Å². The minimum Gasteiger partial charge on any atom is -0.374 e. The summed E-state index contributed by atoms with van der Waals surface area (Å²) in [5.41, 5.74) is 15.1. The molecule has 0 spiro atoms. The Kier molecular flexibility index (Phi) is 19.3. The van der Waals surface area contributed by atoms with Crippen LogP contribution in [0.1, 0.15) is 40.3 Å². The van der Waals surface area contributed by atoms with Gasteiger partial charge in [0.05, 0.1) is 59.0 Å². The SMILES string of the molecule is C[C@@H]1O[C@@H](O[C@H]2[C@H](OCCN=[N+]=[N-])O[C@H](COCc3ccccc3)[C@H](OCc3ccccc3)[C@@H]2OCc2ccccc2)[C@@H](OCc2ccccc2)[C@H](OCc2ccccc2)[C@@H]1OCc1ccccc1. The van der Waals surface area contributed by atoms with E-state index in [-0.39, 0.29) is 46.2 Å². The summed E-state index contributed by atoms with van der Waals surface area (Å²) in [6.45, 7) is 3.81. The summed E-state index contributed by atoms with van der Waals surface area (Å²) in [6, 6.07) is 59.8. The molecule has 0 aromatic heterocycles. The fraction of sp³-hybridized carbons (Fsp3) is 0.357. The molecule has 0 amide bonds. The van der Waals surface area contributed by atoms with E-state index in [9.17, 15) is 5.53 Å². The third-order valence-electron chi connectivity index (χ3n) is 12.0. The van der Waals surface area contributed by atoms with Crippen LogP contribution in [0.15, 0.2) is 187 Å². The van der Waals surface area contributed by atoms with Gasteiger partial charge in [0.15, 0.2) is 12.6 Å². The van der Waals surface area contributed by atoms with Crippen molar-refractivity contribution in [3.63, 3.8) is 0 Å². The van der Waals surface area contributed by atoms with Gasteiger partial charge in [-0.3, -0.25) is 0 Å². The van der Waals surface area contributed by atoms with E-state index in [1.54, 1.807) is 0 Å². The standard InChI is InChI=1S/C56H61N3O10/c1-41-49(62-35-43-22-10-3-11-23-43)51(64-37-45-26-14-5-15-27-45)53(66-39-47-30-18-7-19-31-47)56(67-41)69-54-52(65-38-46-28-16-6-17-29-46)50(63-36-44-24-12-4-13-25-44)48(68-55(54)61-33-32-58-59-57)40-60-34-42-20-8-2-9-21-42/h2-31,41,48-56H,32-40H2,1H3/t41-,48+,49+,50-,51+,52-,53-,54+,55+,56-/m0/s1. The number of hydrogen-bond donors (Lipinski definition) is 0. The molecule has 2 heterocycles. The first kappa shape index (κ1) is 49.6. The highest BCUT2D eigenvalue weighted by atomic mass is 16.8. The number of azide groups is 1. The predicted octanol–water partition coefficient (Wildman–Crippen LogP) is 10.3. The zero-order valence-corrected chi connectivity index (χ0v) is 38.9. The Hall–Kier alpha value is -5.77. The monoisotopic (exact) mass is 935 g/mol. The van der Waals surface area contributed by atoms with Crippen LogP contribution in [0.5, 0.6) is 0 Å². The third-order valence-corrected chi connectivity index (χ3v) is 12.0. The lowest BCUT2D eigenvalue weighted by Crippen LogP contribution is -2.66. The molecule has 10 atom stereocenters. The Morgan fingerprint density at radius 2 is 0.797 bits per heavy atom. The molecular formula is C56H61N3O10. The first-order valence-corrected chi connectivity index (χ1v) is 23.6. The van der Waals surface area contributed by atoms with Gasteiger partial charge in [-0.25, -0.2) is 0 Å². The molecule has 0 aliphatic carbocycles. The van der Waals surface area contributed by atoms with Crippen molar-refractivity contribution in [3.05, 3.63) is 226 Å². The Balaban J connectivity index is 1.16. The van der Waals surface area contributed by atoms with E-state index in [1.807, 2.05) is 189 Å². The van der Waals surface area contributed by atoms with E-state index < -0.39 is 61.4 Å². The second-order valence-electron chi connectivity index (χ2n) is 17.0. The molecule has 2 fully saturated rings. The van der Waals surface area contributed by atoms with E-state index in [1.165, 1.54) is 0 Å². The summed E-state index contributed by atoms with van der Waals surface area (Å²) < 4.78 is 68.5. The summed E-state index contributed by atoms with van der Waals surface area (Å²) in [6.07, 6.45) is -8.07. The van der Waals surface area contributed by atoms with Crippen LogP contribution in [-0.4, -0.2) is 81.2 Å². The molecule has 2 aliphatic heterocycles. The second kappa shape index (κ2) is 26.8. The minimum absolute atomic E-state index is 0.0290. The van der Waals surface area contributed by atoms with Crippen molar-refractivity contribution in [2.75, 3.05) is 19.8 Å². The number of benzene rings is 6. The molecule has 2 aliphatic rings. The van der Waals surface area contributed by atoms with Crippen molar-refractivity contribution >= 4 is 0 Å². The van der Waals surface area contributed by atoms with Gasteiger partial charge in [-0.05, 0) is 45.8 Å². The van der Waals surface area contributed by atoms with E-state index in [0.717, 1.165) is 33.4 Å². The lowest BCUT2D eigenvalue weighted by Gasteiger charge is -2.50. The van der Waals surface area contributed by atoms with Crippen LogP contribution in [-0.2, 0) is 87.0 Å². The van der Waals surface area contributed by atoms with E-state index in [0.29, 0.717) is 13.2 Å². The molecule has 0 radical (unpaired) electrons. The molecule has 0 bridgehead atoms. The Labute approximate surface area is 404 Å². The Morgan fingerprint density at radius 1 is 0.420 bits per heavy atom. The van der Waals surface area contributed by atoms with Crippen LogP contribution in [0.25, 0.3) is 10.4 Å². The molecule has 0 saturated carbocycles. The molecule has 6 aromatic carbocycles. The van der Waals surface area contributed by atoms with Gasteiger partial charge >= 0.3 is 0 Å². The average molecular weight is 936 g/mol. The molecule has 6 aromatic rings. The van der Waals surface area contributed by atoms with Gasteiger partial charge in [0.25, 0.3) is 0 Å². The molecule has 0 unspecified atom stereocenters. The van der Waals surface area contributed by atoms with Crippen molar-refractivity contribution in [3.8, 4) is 0 Å². The van der Waals surface area contributed by atoms with E-state index in [2.05, 4.69) is 10.0 Å². The second-order valence-corrected chi connectivity index (χ2v) is 17.0. The highest BCUT2D eigenvalue weighted by molar-refractivity contribution is 5.18. The van der Waals surface area contributed by atoms with Crippen LogP contribution in [0.3, 0.4) is 0 Å². The van der Waals surface area contributed by atoms with Gasteiger partial charge < -0.3 is 47.4 Å². The van der Waals surface area contributed by atoms with Crippen LogP contribution >= 0.6 is 0 Å². The summed E-state index contributed by atoms with van der Waals surface area (Å²) in [7, 11) is 0. The van der Waals surface area contributed by atoms with E-state index in [4.69, 9.17) is 47.4 Å². The maximum Gasteiger partial charge on any atom is 0.187 e. The molecule has 13 nitrogen and oxygen atoms in total. The highest BCUT2D eigenvalue weighted by Crippen LogP contribution is 2.37. The first-order chi connectivity index (χ1) is 34.1. The van der Waals surface area contributed by atoms with Gasteiger partial charge in [-0.2, -0.15) is 0 Å². The van der Waals surface area contributed by atoms with Crippen LogP contribution in [0.4, 0.5) is 0 Å². The van der Waals surface area contributed by atoms with Gasteiger partial charge in [0, 0.05) is 11.5 Å². The fourth-order valence-corrected chi connectivity index (χ4v) is 8.47. The van der Waals surface area contributed by atoms with Crippen LogP contribution < -0.4 is 0 Å². The zero-order chi connectivity index (χ0) is 47.3. The molecule has 0 N–H and O–H groups in total. The summed E-state index contributed by atoms with van der Waals surface area (Å²) in [4.78, 5) is 2.96. The normalized spacial score (nSPS) is 24.6. The van der Waals surface area contributed by atoms with Crippen LogP contribution in [0, 0.1) is 0 Å². The van der Waals surface area contributed by atoms with E-state index >= 15 is 0 Å². The lowest BCUT2D eigenvalue weighted by molar-refractivity contribution is -0.380. The molecule has 360 valence electrons. The van der Waals surface area contributed by atoms with Gasteiger partial charge in [-0.1, -0.05) is 187 Å². The topological polar surface area (TPSA) is 141 Å². The van der Waals surface area contributed by atoms with Crippen molar-refractivity contribution in [1.82, 2.24) is 0 Å². The van der Waals surface area contributed by atoms with Gasteiger partial charge in [0.2, 0.25) is 0 Å². The number of nitrogens with zero attached hydrogens (tertiary/aromatic N) is 3. The Morgan fingerprint density at radius 3 is 1.23 bits per heavy atom. The number of ether oxygens (including phenoxy) is 10. The predicted molar refractivity (Wildman–Crippen MR) is 259 cm³/mol. The molecular weight excluding hydrogens is 875 g/mol. The number of hydrogen-bond acceptors (Lipinski definition) is 11. The van der Waals surface area contributed by atoms with Crippen molar-refractivity contribution in [1.29, 1.82) is 0 Å². The van der Waals surface area contributed by atoms with Crippen molar-refractivity contribution < 1.29 is 47.4 Å². The highest BCUT2D eigenvalue weighted by Gasteiger charge is 2.54. The first-order valence-electron chi connectivity index (χ1n) is 23.6. The summed E-state index contributed by atoms with van der Waals surface area (Å²) >= 11 is 0. The quantitative estimate of drug-likeness (QED) is 0.0236. The minimum atomic E-state index is -1.08. The maximum absolute atomic E-state index is 9.21.